The molecule has 2 fully saturated rings. The van der Waals surface area contributed by atoms with Crippen LogP contribution in [0.2, 0.25) is 0 Å². The lowest BCUT2D eigenvalue weighted by Crippen LogP contribution is -2.49. The molecule has 0 aromatic carbocycles. The van der Waals surface area contributed by atoms with E-state index in [1.54, 1.807) is 0 Å². The summed E-state index contributed by atoms with van der Waals surface area (Å²) >= 11 is 0. The monoisotopic (exact) mass is 225 g/mol. The Hall–Kier alpha value is -0.120. The highest BCUT2D eigenvalue weighted by Gasteiger charge is 2.24. The summed E-state index contributed by atoms with van der Waals surface area (Å²) in [5.74, 6) is 1.66. The van der Waals surface area contributed by atoms with Gasteiger partial charge in [-0.25, -0.2) is 0 Å². The Kier molecular flexibility index (Phi) is 4.62. The van der Waals surface area contributed by atoms with Crippen molar-refractivity contribution in [2.45, 2.75) is 32.2 Å². The van der Waals surface area contributed by atoms with Crippen LogP contribution in [0.5, 0.6) is 0 Å². The first-order valence-corrected chi connectivity index (χ1v) is 6.88. The van der Waals surface area contributed by atoms with Gasteiger partial charge < -0.3 is 15.5 Å². The van der Waals surface area contributed by atoms with Gasteiger partial charge in [0.25, 0.3) is 0 Å². The third-order valence-corrected chi connectivity index (χ3v) is 4.18. The number of hydrogen-bond donors (Lipinski definition) is 2. The molecule has 0 radical (unpaired) electrons. The van der Waals surface area contributed by atoms with Crippen molar-refractivity contribution in [3.8, 4) is 0 Å². The Morgan fingerprint density at radius 2 is 2.25 bits per heavy atom. The van der Waals surface area contributed by atoms with Gasteiger partial charge in [0.05, 0.1) is 0 Å². The second-order valence-electron chi connectivity index (χ2n) is 5.76. The molecule has 0 amide bonds. The van der Waals surface area contributed by atoms with Gasteiger partial charge in [0.1, 0.15) is 0 Å². The molecule has 3 atom stereocenters. The average Bonchev–Trinajstić information content (AvgIpc) is 2.29. The molecule has 3 heteroatoms. The Morgan fingerprint density at radius 1 is 1.38 bits per heavy atom. The van der Waals surface area contributed by atoms with Crippen LogP contribution < -0.4 is 10.6 Å². The van der Waals surface area contributed by atoms with E-state index in [0.29, 0.717) is 0 Å². The summed E-state index contributed by atoms with van der Waals surface area (Å²) in [6.07, 6.45) is 4.08. The van der Waals surface area contributed by atoms with Gasteiger partial charge in [0, 0.05) is 12.6 Å². The highest BCUT2D eigenvalue weighted by Crippen LogP contribution is 2.16. The van der Waals surface area contributed by atoms with Crippen molar-refractivity contribution < 1.29 is 0 Å². The molecular weight excluding hydrogens is 198 g/mol. The predicted octanol–water partition coefficient (Wildman–Crippen LogP) is 0.916. The summed E-state index contributed by atoms with van der Waals surface area (Å²) < 4.78 is 0. The van der Waals surface area contributed by atoms with E-state index in [1.165, 1.54) is 52.0 Å². The molecule has 2 rings (SSSR count). The highest BCUT2D eigenvalue weighted by molar-refractivity contribution is 4.83. The zero-order chi connectivity index (χ0) is 11.4. The smallest absolute Gasteiger partial charge is 0.0117 e. The maximum Gasteiger partial charge on any atom is 0.0117 e. The van der Waals surface area contributed by atoms with Crippen molar-refractivity contribution in [1.82, 2.24) is 15.5 Å². The summed E-state index contributed by atoms with van der Waals surface area (Å²) in [6.45, 7) is 8.54. The minimum absolute atomic E-state index is 0.748. The number of nitrogens with zero attached hydrogens (tertiary/aromatic N) is 1. The topological polar surface area (TPSA) is 27.3 Å². The normalized spacial score (nSPS) is 37.5. The number of nitrogens with one attached hydrogen (secondary N) is 2. The average molecular weight is 225 g/mol. The molecule has 2 aliphatic heterocycles. The molecule has 2 N–H and O–H groups in total. The summed E-state index contributed by atoms with van der Waals surface area (Å²) in [4.78, 5) is 2.45. The first kappa shape index (κ1) is 12.3. The Bertz CT molecular complexity index is 201. The van der Waals surface area contributed by atoms with Crippen molar-refractivity contribution in [3.05, 3.63) is 0 Å². The van der Waals surface area contributed by atoms with Gasteiger partial charge >= 0.3 is 0 Å². The molecule has 0 bridgehead atoms. The standard InChI is InChI=1S/C13H27N3/c1-11-10-16(2)7-5-13(11)15-9-12-4-3-6-14-8-12/h11-15H,3-10H2,1-2H3. The molecule has 0 aromatic rings. The third kappa shape index (κ3) is 3.44. The maximum atomic E-state index is 3.79. The van der Waals surface area contributed by atoms with E-state index in [-0.39, 0.29) is 0 Å². The summed E-state index contributed by atoms with van der Waals surface area (Å²) in [5, 5.41) is 7.29. The van der Waals surface area contributed by atoms with Gasteiger partial charge in [0.15, 0.2) is 0 Å². The quantitative estimate of drug-likeness (QED) is 0.748. The van der Waals surface area contributed by atoms with E-state index >= 15 is 0 Å². The maximum absolute atomic E-state index is 3.79. The van der Waals surface area contributed by atoms with Crippen LogP contribution in [0.15, 0.2) is 0 Å². The van der Waals surface area contributed by atoms with Gasteiger partial charge in [-0.05, 0) is 64.3 Å². The highest BCUT2D eigenvalue weighted by atomic mass is 15.1. The van der Waals surface area contributed by atoms with Crippen molar-refractivity contribution in [3.63, 3.8) is 0 Å². The largest absolute Gasteiger partial charge is 0.316 e. The zero-order valence-corrected chi connectivity index (χ0v) is 10.8. The minimum Gasteiger partial charge on any atom is -0.316 e. The van der Waals surface area contributed by atoms with E-state index in [0.717, 1.165) is 17.9 Å². The van der Waals surface area contributed by atoms with Gasteiger partial charge in [0.2, 0.25) is 0 Å². The second kappa shape index (κ2) is 5.99. The first-order valence-electron chi connectivity index (χ1n) is 6.88. The lowest BCUT2D eigenvalue weighted by molar-refractivity contribution is 0.169. The van der Waals surface area contributed by atoms with Crippen LogP contribution >= 0.6 is 0 Å². The summed E-state index contributed by atoms with van der Waals surface area (Å²) in [6, 6.07) is 0.748. The van der Waals surface area contributed by atoms with Crippen LogP contribution in [0.1, 0.15) is 26.2 Å². The molecule has 0 spiro atoms. The molecule has 0 aromatic heterocycles. The fraction of sp³-hybridized carbons (Fsp3) is 1.00. The Morgan fingerprint density at radius 3 is 2.94 bits per heavy atom. The third-order valence-electron chi connectivity index (χ3n) is 4.18. The molecular formula is C13H27N3. The van der Waals surface area contributed by atoms with E-state index < -0.39 is 0 Å². The molecule has 2 saturated heterocycles. The van der Waals surface area contributed by atoms with E-state index in [4.69, 9.17) is 0 Å². The van der Waals surface area contributed by atoms with E-state index in [2.05, 4.69) is 29.5 Å². The molecule has 94 valence electrons. The summed E-state index contributed by atoms with van der Waals surface area (Å²) in [5.41, 5.74) is 0. The van der Waals surface area contributed by atoms with Crippen molar-refractivity contribution in [2.24, 2.45) is 11.8 Å². The van der Waals surface area contributed by atoms with Crippen LogP contribution in [0.3, 0.4) is 0 Å². The SMILES string of the molecule is CC1CN(C)CCC1NCC1CCCNC1. The fourth-order valence-electron chi connectivity index (χ4n) is 3.07. The van der Waals surface area contributed by atoms with E-state index in [1.807, 2.05) is 0 Å². The fourth-order valence-corrected chi connectivity index (χ4v) is 3.07. The predicted molar refractivity (Wildman–Crippen MR) is 68.7 cm³/mol. The van der Waals surface area contributed by atoms with E-state index in [9.17, 15) is 0 Å². The van der Waals surface area contributed by atoms with Crippen LogP contribution in [-0.4, -0.2) is 50.7 Å². The minimum atomic E-state index is 0.748. The molecule has 0 saturated carbocycles. The van der Waals surface area contributed by atoms with Crippen molar-refractivity contribution >= 4 is 0 Å². The second-order valence-corrected chi connectivity index (χ2v) is 5.76. The van der Waals surface area contributed by atoms with Crippen LogP contribution in [0.4, 0.5) is 0 Å². The van der Waals surface area contributed by atoms with Crippen LogP contribution in [-0.2, 0) is 0 Å². The molecule has 16 heavy (non-hydrogen) atoms. The van der Waals surface area contributed by atoms with Gasteiger partial charge in [-0.15, -0.1) is 0 Å². The molecule has 3 unspecified atom stereocenters. The molecule has 0 aliphatic carbocycles. The lowest BCUT2D eigenvalue weighted by Gasteiger charge is -2.36. The summed E-state index contributed by atoms with van der Waals surface area (Å²) in [7, 11) is 2.23. The van der Waals surface area contributed by atoms with Crippen LogP contribution in [0.25, 0.3) is 0 Å². The van der Waals surface area contributed by atoms with Crippen molar-refractivity contribution in [1.29, 1.82) is 0 Å². The number of rotatable bonds is 3. The number of piperidine rings is 2. The lowest BCUT2D eigenvalue weighted by atomic mass is 9.92. The number of hydrogen-bond acceptors (Lipinski definition) is 3. The molecule has 2 heterocycles. The van der Waals surface area contributed by atoms with Crippen LogP contribution in [0, 0.1) is 11.8 Å². The number of likely N-dealkylation sites (tertiary alicyclic amines) is 1. The van der Waals surface area contributed by atoms with Gasteiger partial charge in [-0.3, -0.25) is 0 Å². The zero-order valence-electron chi connectivity index (χ0n) is 10.8. The molecule has 3 nitrogen and oxygen atoms in total. The van der Waals surface area contributed by atoms with Gasteiger partial charge in [-0.1, -0.05) is 6.92 Å². The first-order chi connectivity index (χ1) is 7.75. The van der Waals surface area contributed by atoms with Crippen molar-refractivity contribution in [2.75, 3.05) is 39.8 Å². The van der Waals surface area contributed by atoms with Gasteiger partial charge in [-0.2, -0.15) is 0 Å². The molecule has 2 aliphatic rings. The Labute approximate surface area is 100.0 Å². The Balaban J connectivity index is 1.68.